The van der Waals surface area contributed by atoms with E-state index in [2.05, 4.69) is 5.32 Å². The number of benzene rings is 4. The number of rotatable bonds is 21. The van der Waals surface area contributed by atoms with Gasteiger partial charge in [0.25, 0.3) is 5.91 Å². The Bertz CT molecular complexity index is 1870. The standard InChI is InChI=1S/C43H51N3O11P2/c1-32(2)27-37(44-40(47)38-39(57-38)42(49)50)41(48)45-23-25-46(26-24-45)43(58(51,53-28-33-15-7-3-8-16-33)54-29-34-17-9-4-10-18-34)59(52,55-30-35-19-11-5-12-20-35)56-31-36-21-13-6-14-22-36/h3-22,32,37-39,43H,23-31H2,1-2H3,(H,44,47)(H,49,50)/t37-,38-,39-/m0/s1. The molecule has 2 aliphatic heterocycles. The fourth-order valence-corrected chi connectivity index (χ4v) is 12.2. The maximum absolute atomic E-state index is 15.7. The molecule has 0 spiro atoms. The van der Waals surface area contributed by atoms with Crippen LogP contribution in [0.25, 0.3) is 0 Å². The van der Waals surface area contributed by atoms with Gasteiger partial charge in [-0.25, -0.2) is 4.79 Å². The Kier molecular flexibility index (Phi) is 15.4. The number of ether oxygens (including phenoxy) is 1. The fraction of sp³-hybridized carbons (Fsp3) is 0.372. The molecule has 0 unspecified atom stereocenters. The van der Waals surface area contributed by atoms with E-state index in [4.69, 9.17) is 22.8 Å². The molecule has 2 N–H and O–H groups in total. The van der Waals surface area contributed by atoms with E-state index in [-0.39, 0.29) is 64.4 Å². The smallest absolute Gasteiger partial charge is 0.360 e. The Labute approximate surface area is 344 Å². The van der Waals surface area contributed by atoms with Crippen LogP contribution < -0.4 is 5.32 Å². The topological polar surface area (TPSA) is 174 Å². The SMILES string of the molecule is CC(C)C[C@H](NC(=O)[C@H]1O[C@@H]1C(=O)O)C(=O)N1CCN(C(P(=O)(OCc2ccccc2)OCc2ccccc2)P(=O)(OCc2ccccc2)OCc2ccccc2)CC1. The van der Waals surface area contributed by atoms with Crippen molar-refractivity contribution in [3.63, 3.8) is 0 Å². The maximum Gasteiger partial charge on any atom is 0.360 e. The highest BCUT2D eigenvalue weighted by atomic mass is 31.2. The Morgan fingerprint density at radius 1 is 0.644 bits per heavy atom. The van der Waals surface area contributed by atoms with Gasteiger partial charge in [-0.1, -0.05) is 135 Å². The van der Waals surface area contributed by atoms with Crippen molar-refractivity contribution in [2.24, 2.45) is 5.92 Å². The number of nitrogens with one attached hydrogen (secondary N) is 1. The van der Waals surface area contributed by atoms with Crippen molar-refractivity contribution in [2.75, 3.05) is 26.2 Å². The molecule has 314 valence electrons. The van der Waals surface area contributed by atoms with Crippen molar-refractivity contribution in [3.05, 3.63) is 144 Å². The Hall–Kier alpha value is -4.49. The molecule has 4 aromatic carbocycles. The van der Waals surface area contributed by atoms with Gasteiger partial charge in [0.05, 0.1) is 26.4 Å². The van der Waals surface area contributed by atoms with Crippen LogP contribution in [0.5, 0.6) is 0 Å². The number of carbonyl (C=O) groups is 3. The molecule has 0 aromatic heterocycles. The van der Waals surface area contributed by atoms with Gasteiger partial charge in [0.15, 0.2) is 12.2 Å². The quantitative estimate of drug-likeness (QED) is 0.0648. The van der Waals surface area contributed by atoms with Crippen LogP contribution in [0.3, 0.4) is 0 Å². The van der Waals surface area contributed by atoms with Crippen molar-refractivity contribution >= 4 is 33.0 Å². The first kappa shape index (κ1) is 44.1. The van der Waals surface area contributed by atoms with Gasteiger partial charge in [-0.3, -0.25) is 23.6 Å². The van der Waals surface area contributed by atoms with Crippen LogP contribution >= 0.6 is 15.2 Å². The highest BCUT2D eigenvalue weighted by molar-refractivity contribution is 7.72. The minimum Gasteiger partial charge on any atom is -0.479 e. The summed E-state index contributed by atoms with van der Waals surface area (Å²) in [5.74, 6) is -2.29. The normalized spacial score (nSPS) is 17.8. The number of carboxylic acids is 1. The molecule has 0 radical (unpaired) electrons. The van der Waals surface area contributed by atoms with E-state index in [1.54, 1.807) is 9.80 Å². The summed E-state index contributed by atoms with van der Waals surface area (Å²) in [5, 5.41) is 12.0. The zero-order valence-electron chi connectivity index (χ0n) is 33.1. The largest absolute Gasteiger partial charge is 0.479 e. The second-order valence-corrected chi connectivity index (χ2v) is 19.4. The van der Waals surface area contributed by atoms with Gasteiger partial charge in [-0.2, -0.15) is 0 Å². The molecule has 6 rings (SSSR count). The molecule has 2 amide bonds. The van der Waals surface area contributed by atoms with Crippen LogP contribution in [-0.4, -0.2) is 82.6 Å². The van der Waals surface area contributed by atoms with Gasteiger partial charge in [-0.15, -0.1) is 0 Å². The third kappa shape index (κ3) is 12.3. The first-order valence-electron chi connectivity index (χ1n) is 19.6. The van der Waals surface area contributed by atoms with E-state index in [0.29, 0.717) is 28.7 Å². The Morgan fingerprint density at radius 3 is 1.34 bits per heavy atom. The number of carbonyl (C=O) groups excluding carboxylic acids is 2. The summed E-state index contributed by atoms with van der Waals surface area (Å²) in [5.41, 5.74) is 1.26. The molecule has 14 nitrogen and oxygen atoms in total. The number of amides is 2. The van der Waals surface area contributed by atoms with Crippen molar-refractivity contribution in [2.45, 2.75) is 70.5 Å². The van der Waals surface area contributed by atoms with Crippen molar-refractivity contribution < 1.29 is 51.5 Å². The molecule has 0 aliphatic carbocycles. The summed E-state index contributed by atoms with van der Waals surface area (Å²) >= 11 is 0. The first-order valence-corrected chi connectivity index (χ1v) is 22.8. The minimum absolute atomic E-state index is 0.00845. The summed E-state index contributed by atoms with van der Waals surface area (Å²) in [6.45, 7) is 3.58. The molecule has 2 heterocycles. The van der Waals surface area contributed by atoms with Crippen molar-refractivity contribution in [1.29, 1.82) is 0 Å². The van der Waals surface area contributed by atoms with Crippen LogP contribution in [0.1, 0.15) is 42.5 Å². The molecule has 16 heteroatoms. The molecule has 2 aliphatic rings. The number of hydrogen-bond acceptors (Lipinski definition) is 11. The number of carboxylic acid groups (broad SMARTS) is 1. The summed E-state index contributed by atoms with van der Waals surface area (Å²) in [6.07, 6.45) is -2.13. The molecular formula is C43H51N3O11P2. The summed E-state index contributed by atoms with van der Waals surface area (Å²) in [4.78, 5) is 41.6. The fourth-order valence-electron chi connectivity index (χ4n) is 6.71. The van der Waals surface area contributed by atoms with Crippen LogP contribution in [-0.2, 0) is 72.8 Å². The lowest BCUT2D eigenvalue weighted by molar-refractivity contribution is -0.138. The molecule has 59 heavy (non-hydrogen) atoms. The molecule has 4 aromatic rings. The van der Waals surface area contributed by atoms with Crippen LogP contribution in [0.15, 0.2) is 121 Å². The first-order chi connectivity index (χ1) is 28.4. The van der Waals surface area contributed by atoms with Crippen molar-refractivity contribution in [3.8, 4) is 0 Å². The third-order valence-electron chi connectivity index (χ3n) is 9.85. The predicted molar refractivity (Wildman–Crippen MR) is 220 cm³/mol. The van der Waals surface area contributed by atoms with E-state index < -0.39 is 50.8 Å². The average Bonchev–Trinajstić information content (AvgIpc) is 4.07. The van der Waals surface area contributed by atoms with E-state index in [1.807, 2.05) is 135 Å². The lowest BCUT2D eigenvalue weighted by Crippen LogP contribution is -2.57. The summed E-state index contributed by atoms with van der Waals surface area (Å²) in [6, 6.07) is 35.7. The average molecular weight is 848 g/mol. The number of piperazine rings is 1. The number of epoxide rings is 1. The van der Waals surface area contributed by atoms with Gasteiger partial charge < -0.3 is 38.2 Å². The molecule has 3 atom stereocenters. The zero-order valence-corrected chi connectivity index (χ0v) is 34.9. The van der Waals surface area contributed by atoms with E-state index in [9.17, 15) is 19.5 Å². The van der Waals surface area contributed by atoms with E-state index in [0.717, 1.165) is 0 Å². The van der Waals surface area contributed by atoms with Gasteiger partial charge in [0, 0.05) is 26.2 Å². The lowest BCUT2D eigenvalue weighted by atomic mass is 10.0. The third-order valence-corrected chi connectivity index (χ3v) is 15.3. The maximum atomic E-state index is 15.7. The lowest BCUT2D eigenvalue weighted by Gasteiger charge is -2.43. The Balaban J connectivity index is 1.32. The second-order valence-electron chi connectivity index (χ2n) is 14.8. The number of aliphatic carboxylic acids is 1. The minimum atomic E-state index is -4.52. The van der Waals surface area contributed by atoms with Crippen molar-refractivity contribution in [1.82, 2.24) is 15.1 Å². The summed E-state index contributed by atoms with van der Waals surface area (Å²) < 4.78 is 61.8. The highest BCUT2D eigenvalue weighted by Crippen LogP contribution is 2.72. The summed E-state index contributed by atoms with van der Waals surface area (Å²) in [7, 11) is -9.04. The zero-order chi connectivity index (χ0) is 41.8. The van der Waals surface area contributed by atoms with E-state index in [1.165, 1.54) is 0 Å². The van der Waals surface area contributed by atoms with Gasteiger partial charge in [0.1, 0.15) is 6.04 Å². The molecule has 0 bridgehead atoms. The number of hydrogen-bond donors (Lipinski definition) is 2. The van der Waals surface area contributed by atoms with Crippen LogP contribution in [0.2, 0.25) is 0 Å². The Morgan fingerprint density at radius 2 is 1.02 bits per heavy atom. The molecule has 0 saturated carbocycles. The predicted octanol–water partition coefficient (Wildman–Crippen LogP) is 7.05. The van der Waals surface area contributed by atoms with Gasteiger partial charge >= 0.3 is 21.2 Å². The van der Waals surface area contributed by atoms with E-state index >= 15 is 9.13 Å². The highest BCUT2D eigenvalue weighted by Gasteiger charge is 2.56. The van der Waals surface area contributed by atoms with Crippen LogP contribution in [0.4, 0.5) is 0 Å². The molecular weight excluding hydrogens is 796 g/mol. The van der Waals surface area contributed by atoms with Gasteiger partial charge in [0.2, 0.25) is 11.4 Å². The molecule has 2 fully saturated rings. The second kappa shape index (κ2) is 20.7. The molecule has 2 saturated heterocycles. The van der Waals surface area contributed by atoms with Gasteiger partial charge in [-0.05, 0) is 34.6 Å². The monoisotopic (exact) mass is 847 g/mol. The number of nitrogens with zero attached hydrogens (tertiary/aromatic N) is 2. The van der Waals surface area contributed by atoms with Crippen LogP contribution in [0, 0.1) is 5.92 Å².